The van der Waals surface area contributed by atoms with Crippen LogP contribution in [-0.2, 0) is 0 Å². The second-order valence-electron chi connectivity index (χ2n) is 7.75. The molecule has 0 radical (unpaired) electrons. The molecule has 2 nitrogen and oxygen atoms in total. The van der Waals surface area contributed by atoms with E-state index >= 15 is 0 Å². The highest BCUT2D eigenvalue weighted by molar-refractivity contribution is 8.02. The van der Waals surface area contributed by atoms with Gasteiger partial charge < -0.3 is 10.1 Å². The Morgan fingerprint density at radius 3 is 2.27 bits per heavy atom. The molecule has 1 saturated carbocycles. The fraction of sp³-hybridized carbons (Fsp3) is 0.684. The van der Waals surface area contributed by atoms with Crippen LogP contribution < -0.4 is 10.1 Å². The molecular weight excluding hydrogens is 290 g/mol. The minimum atomic E-state index is 0.310. The first-order chi connectivity index (χ1) is 10.4. The van der Waals surface area contributed by atoms with Crippen LogP contribution in [0.1, 0.15) is 64.9 Å². The average molecular weight is 320 g/mol. The normalized spacial score (nSPS) is 30.9. The van der Waals surface area contributed by atoms with Gasteiger partial charge >= 0.3 is 0 Å². The molecule has 122 valence electrons. The van der Waals surface area contributed by atoms with Crippen molar-refractivity contribution in [3.8, 4) is 5.75 Å². The Morgan fingerprint density at radius 1 is 1.14 bits per heavy atom. The molecule has 0 aromatic heterocycles. The Kier molecular flexibility index (Phi) is 4.48. The van der Waals surface area contributed by atoms with Gasteiger partial charge in [0.05, 0.1) is 11.0 Å². The Balaban J connectivity index is 1.54. The lowest BCUT2D eigenvalue weighted by Crippen LogP contribution is -2.43. The highest BCUT2D eigenvalue weighted by Crippen LogP contribution is 2.48. The lowest BCUT2D eigenvalue weighted by atomic mass is 9.92. The summed E-state index contributed by atoms with van der Waals surface area (Å²) in [5, 5.41) is 3.77. The second kappa shape index (κ2) is 6.09. The molecule has 2 fully saturated rings. The lowest BCUT2D eigenvalue weighted by molar-refractivity contribution is 0.134. The number of hydrogen-bond donors (Lipinski definition) is 1. The highest BCUT2D eigenvalue weighted by atomic mass is 32.2. The Labute approximate surface area is 139 Å². The zero-order chi connectivity index (χ0) is 15.8. The number of thioether (sulfide) groups is 1. The van der Waals surface area contributed by atoms with Crippen LogP contribution in [0.5, 0.6) is 5.75 Å². The van der Waals surface area contributed by atoms with Gasteiger partial charge in [0.25, 0.3) is 0 Å². The van der Waals surface area contributed by atoms with Crippen molar-refractivity contribution in [2.45, 2.75) is 75.0 Å². The number of rotatable bonds is 3. The first kappa shape index (κ1) is 16.2. The molecular formula is C19H29NOS. The summed E-state index contributed by atoms with van der Waals surface area (Å²) in [6.45, 7) is 10.3. The summed E-state index contributed by atoms with van der Waals surface area (Å²) in [5.41, 5.74) is 1.38. The standard InChI is InChI=1S/C19H29NOS/c1-14(2)15-5-7-16(8-6-15)21-17-9-11-19(12-10-17)20-13-18(3,4)22-19/h5-8,14,17,20H,9-13H2,1-4H3. The first-order valence-electron chi connectivity index (χ1n) is 8.59. The van der Waals surface area contributed by atoms with Crippen LogP contribution in [0.4, 0.5) is 0 Å². The van der Waals surface area contributed by atoms with E-state index in [-0.39, 0.29) is 0 Å². The fourth-order valence-corrected chi connectivity index (χ4v) is 5.34. The van der Waals surface area contributed by atoms with Crippen LogP contribution in [0.15, 0.2) is 24.3 Å². The second-order valence-corrected chi connectivity index (χ2v) is 9.84. The number of nitrogens with one attached hydrogen (secondary N) is 1. The molecule has 0 bridgehead atoms. The molecule has 1 saturated heterocycles. The minimum absolute atomic E-state index is 0.310. The number of benzene rings is 1. The van der Waals surface area contributed by atoms with E-state index in [1.54, 1.807) is 0 Å². The predicted octanol–water partition coefficient (Wildman–Crippen LogP) is 4.94. The third-order valence-electron chi connectivity index (χ3n) is 4.90. The van der Waals surface area contributed by atoms with Gasteiger partial charge in [-0.05, 0) is 63.1 Å². The lowest BCUT2D eigenvalue weighted by Gasteiger charge is -2.37. The molecule has 0 atom stereocenters. The van der Waals surface area contributed by atoms with E-state index in [9.17, 15) is 0 Å². The molecule has 1 aromatic carbocycles. The summed E-state index contributed by atoms with van der Waals surface area (Å²) >= 11 is 2.14. The molecule has 3 rings (SSSR count). The van der Waals surface area contributed by atoms with E-state index in [1.807, 2.05) is 0 Å². The summed E-state index contributed by atoms with van der Waals surface area (Å²) in [6.07, 6.45) is 5.12. The molecule has 3 heteroatoms. The van der Waals surface area contributed by atoms with Crippen LogP contribution >= 0.6 is 11.8 Å². The average Bonchev–Trinajstić information content (AvgIpc) is 2.78. The van der Waals surface area contributed by atoms with Crippen molar-refractivity contribution >= 4 is 11.8 Å². The van der Waals surface area contributed by atoms with Crippen molar-refractivity contribution in [2.24, 2.45) is 0 Å². The van der Waals surface area contributed by atoms with E-state index in [1.165, 1.54) is 18.4 Å². The molecule has 2 aliphatic rings. The molecule has 1 spiro atoms. The van der Waals surface area contributed by atoms with Crippen molar-refractivity contribution in [3.05, 3.63) is 29.8 Å². The fourth-order valence-electron chi connectivity index (χ4n) is 3.55. The summed E-state index contributed by atoms with van der Waals surface area (Å²) in [5.74, 6) is 1.61. The number of ether oxygens (including phenoxy) is 1. The van der Waals surface area contributed by atoms with E-state index in [2.05, 4.69) is 69.0 Å². The quantitative estimate of drug-likeness (QED) is 0.852. The van der Waals surface area contributed by atoms with Gasteiger partial charge in [0, 0.05) is 11.3 Å². The maximum absolute atomic E-state index is 6.21. The molecule has 1 N–H and O–H groups in total. The zero-order valence-corrected chi connectivity index (χ0v) is 15.1. The van der Waals surface area contributed by atoms with Gasteiger partial charge in [-0.25, -0.2) is 0 Å². The van der Waals surface area contributed by atoms with E-state index in [0.717, 1.165) is 25.1 Å². The number of hydrogen-bond acceptors (Lipinski definition) is 3. The molecule has 0 amide bonds. The molecule has 0 unspecified atom stereocenters. The first-order valence-corrected chi connectivity index (χ1v) is 9.41. The maximum atomic E-state index is 6.21. The van der Waals surface area contributed by atoms with Crippen LogP contribution in [0.25, 0.3) is 0 Å². The Morgan fingerprint density at radius 2 is 1.77 bits per heavy atom. The van der Waals surface area contributed by atoms with Gasteiger partial charge in [-0.15, -0.1) is 11.8 Å². The summed E-state index contributed by atoms with van der Waals surface area (Å²) < 4.78 is 6.58. The third kappa shape index (κ3) is 3.62. The monoisotopic (exact) mass is 319 g/mol. The van der Waals surface area contributed by atoms with Gasteiger partial charge in [-0.1, -0.05) is 26.0 Å². The van der Waals surface area contributed by atoms with Crippen LogP contribution in [-0.4, -0.2) is 22.3 Å². The van der Waals surface area contributed by atoms with E-state index < -0.39 is 0 Å². The van der Waals surface area contributed by atoms with E-state index in [4.69, 9.17) is 4.74 Å². The van der Waals surface area contributed by atoms with Gasteiger partial charge in [-0.2, -0.15) is 0 Å². The van der Waals surface area contributed by atoms with Crippen LogP contribution in [0, 0.1) is 0 Å². The smallest absolute Gasteiger partial charge is 0.119 e. The molecule has 1 aliphatic heterocycles. The third-order valence-corrected chi connectivity index (χ3v) is 6.54. The maximum Gasteiger partial charge on any atom is 0.119 e. The summed E-state index contributed by atoms with van der Waals surface area (Å²) in [4.78, 5) is 0.310. The van der Waals surface area contributed by atoms with Gasteiger partial charge in [-0.3, -0.25) is 0 Å². The molecule has 1 heterocycles. The van der Waals surface area contributed by atoms with Crippen molar-refractivity contribution in [1.29, 1.82) is 0 Å². The van der Waals surface area contributed by atoms with Crippen molar-refractivity contribution in [3.63, 3.8) is 0 Å². The van der Waals surface area contributed by atoms with Crippen LogP contribution in [0.2, 0.25) is 0 Å². The van der Waals surface area contributed by atoms with Crippen molar-refractivity contribution in [2.75, 3.05) is 6.54 Å². The zero-order valence-electron chi connectivity index (χ0n) is 14.3. The van der Waals surface area contributed by atoms with E-state index in [0.29, 0.717) is 21.6 Å². The molecule has 1 aliphatic carbocycles. The Hall–Kier alpha value is -0.670. The topological polar surface area (TPSA) is 21.3 Å². The van der Waals surface area contributed by atoms with Crippen molar-refractivity contribution in [1.82, 2.24) is 5.32 Å². The molecule has 22 heavy (non-hydrogen) atoms. The SMILES string of the molecule is CC(C)c1ccc(OC2CCC3(CC2)NCC(C)(C)S3)cc1. The van der Waals surface area contributed by atoms with Gasteiger partial charge in [0.2, 0.25) is 0 Å². The molecule has 1 aromatic rings. The summed E-state index contributed by atoms with van der Waals surface area (Å²) in [7, 11) is 0. The van der Waals surface area contributed by atoms with Crippen LogP contribution in [0.3, 0.4) is 0 Å². The van der Waals surface area contributed by atoms with Gasteiger partial charge in [0.15, 0.2) is 0 Å². The van der Waals surface area contributed by atoms with Crippen molar-refractivity contribution < 1.29 is 4.74 Å². The highest BCUT2D eigenvalue weighted by Gasteiger charge is 2.45. The predicted molar refractivity (Wildman–Crippen MR) is 95.8 cm³/mol. The Bertz CT molecular complexity index is 501. The van der Waals surface area contributed by atoms with Gasteiger partial charge in [0.1, 0.15) is 5.75 Å². The largest absolute Gasteiger partial charge is 0.490 e. The summed E-state index contributed by atoms with van der Waals surface area (Å²) in [6, 6.07) is 8.65. The minimum Gasteiger partial charge on any atom is -0.490 e.